The van der Waals surface area contributed by atoms with Crippen molar-refractivity contribution in [3.8, 4) is 6.07 Å². The number of nitriles is 1. The predicted octanol–water partition coefficient (Wildman–Crippen LogP) is 1.68. The molecule has 2 atom stereocenters. The van der Waals surface area contributed by atoms with Gasteiger partial charge in [-0.3, -0.25) is 15.1 Å². The van der Waals surface area contributed by atoms with Gasteiger partial charge in [0, 0.05) is 32.2 Å². The van der Waals surface area contributed by atoms with Crippen LogP contribution in [0, 0.1) is 17.2 Å². The Hall–Kier alpha value is -0.630. The van der Waals surface area contributed by atoms with Gasteiger partial charge in [-0.1, -0.05) is 13.8 Å². The molecule has 1 aliphatic heterocycles. The Kier molecular flexibility index (Phi) is 5.42. The first kappa shape index (κ1) is 15.8. The number of nitrogens with zero attached hydrogens (tertiary/aromatic N) is 3. The largest absolute Gasteiger partial charge is 0.298 e. The van der Waals surface area contributed by atoms with E-state index in [4.69, 9.17) is 0 Å². The zero-order valence-electron chi connectivity index (χ0n) is 13.4. The van der Waals surface area contributed by atoms with E-state index < -0.39 is 0 Å². The number of likely N-dealkylation sites (N-methyl/N-ethyl adjacent to an activating group) is 1. The third kappa shape index (κ3) is 3.52. The maximum atomic E-state index is 9.76. The van der Waals surface area contributed by atoms with E-state index in [9.17, 15) is 5.26 Å². The number of nitrogens with one attached hydrogen (secondary N) is 1. The Morgan fingerprint density at radius 1 is 1.30 bits per heavy atom. The fraction of sp³-hybridized carbons (Fsp3) is 0.938. The fourth-order valence-corrected chi connectivity index (χ4v) is 3.46. The summed E-state index contributed by atoms with van der Waals surface area (Å²) in [4.78, 5) is 5.03. The first-order chi connectivity index (χ1) is 9.65. The Bertz CT molecular complexity index is 347. The second-order valence-corrected chi connectivity index (χ2v) is 6.50. The van der Waals surface area contributed by atoms with E-state index in [1.54, 1.807) is 0 Å². The number of hydrogen-bond donors (Lipinski definition) is 1. The quantitative estimate of drug-likeness (QED) is 0.769. The van der Waals surface area contributed by atoms with Crippen molar-refractivity contribution < 1.29 is 0 Å². The molecule has 1 heterocycles. The van der Waals surface area contributed by atoms with Gasteiger partial charge in [-0.05, 0) is 45.2 Å². The van der Waals surface area contributed by atoms with Crippen LogP contribution >= 0.6 is 0 Å². The van der Waals surface area contributed by atoms with Crippen LogP contribution < -0.4 is 5.32 Å². The smallest absolute Gasteiger partial charge is 0.122 e. The summed E-state index contributed by atoms with van der Waals surface area (Å²) in [6, 6.07) is 3.24. The molecule has 2 unspecified atom stereocenters. The van der Waals surface area contributed by atoms with E-state index in [1.165, 1.54) is 12.8 Å². The average molecular weight is 278 g/mol. The topological polar surface area (TPSA) is 42.3 Å². The van der Waals surface area contributed by atoms with Crippen LogP contribution in [0.25, 0.3) is 0 Å². The molecule has 1 aliphatic carbocycles. The summed E-state index contributed by atoms with van der Waals surface area (Å²) >= 11 is 0. The van der Waals surface area contributed by atoms with Gasteiger partial charge in [-0.25, -0.2) is 0 Å². The van der Waals surface area contributed by atoms with Gasteiger partial charge in [0.25, 0.3) is 0 Å². The van der Waals surface area contributed by atoms with Crippen LogP contribution in [0.2, 0.25) is 0 Å². The molecule has 0 aromatic heterocycles. The highest BCUT2D eigenvalue weighted by Crippen LogP contribution is 2.40. The van der Waals surface area contributed by atoms with Gasteiger partial charge in [-0.15, -0.1) is 0 Å². The summed E-state index contributed by atoms with van der Waals surface area (Å²) in [6.45, 7) is 13.0. The lowest BCUT2D eigenvalue weighted by atomic mass is 9.93. The number of piperazine rings is 1. The van der Waals surface area contributed by atoms with Crippen molar-refractivity contribution in [1.82, 2.24) is 15.1 Å². The molecular formula is C16H30N4. The van der Waals surface area contributed by atoms with Crippen LogP contribution in [0.1, 0.15) is 40.0 Å². The van der Waals surface area contributed by atoms with Gasteiger partial charge in [0.1, 0.15) is 5.54 Å². The van der Waals surface area contributed by atoms with E-state index in [1.807, 2.05) is 0 Å². The zero-order chi connectivity index (χ0) is 14.6. The van der Waals surface area contributed by atoms with Crippen molar-refractivity contribution in [2.75, 3.05) is 39.3 Å². The molecule has 4 nitrogen and oxygen atoms in total. The third-order valence-corrected chi connectivity index (χ3v) is 4.89. The van der Waals surface area contributed by atoms with E-state index in [-0.39, 0.29) is 5.54 Å². The minimum absolute atomic E-state index is 0.301. The molecule has 2 rings (SSSR count). The van der Waals surface area contributed by atoms with E-state index >= 15 is 0 Å². The third-order valence-electron chi connectivity index (χ3n) is 4.89. The second-order valence-electron chi connectivity index (χ2n) is 6.50. The van der Waals surface area contributed by atoms with E-state index in [0.29, 0.717) is 12.0 Å². The molecule has 2 fully saturated rings. The van der Waals surface area contributed by atoms with Crippen molar-refractivity contribution >= 4 is 0 Å². The van der Waals surface area contributed by atoms with Gasteiger partial charge in [-0.2, -0.15) is 5.26 Å². The lowest BCUT2D eigenvalue weighted by molar-refractivity contribution is 0.0703. The van der Waals surface area contributed by atoms with Gasteiger partial charge >= 0.3 is 0 Å². The molecule has 0 spiro atoms. The molecule has 114 valence electrons. The minimum Gasteiger partial charge on any atom is -0.298 e. The Morgan fingerprint density at radius 3 is 2.55 bits per heavy atom. The lowest BCUT2D eigenvalue weighted by Crippen LogP contribution is -2.59. The van der Waals surface area contributed by atoms with Gasteiger partial charge in [0.2, 0.25) is 0 Å². The molecule has 0 aromatic rings. The zero-order valence-corrected chi connectivity index (χ0v) is 13.4. The Morgan fingerprint density at radius 2 is 2.05 bits per heavy atom. The highest BCUT2D eigenvalue weighted by Gasteiger charge is 2.46. The first-order valence-corrected chi connectivity index (χ1v) is 8.28. The molecule has 20 heavy (non-hydrogen) atoms. The van der Waals surface area contributed by atoms with Crippen LogP contribution in [0.15, 0.2) is 0 Å². The van der Waals surface area contributed by atoms with Crippen LogP contribution in [0.4, 0.5) is 0 Å². The summed E-state index contributed by atoms with van der Waals surface area (Å²) in [5, 5.41) is 13.3. The van der Waals surface area contributed by atoms with Gasteiger partial charge < -0.3 is 0 Å². The second kappa shape index (κ2) is 6.89. The standard InChI is InChI=1S/C16H30N4/c1-4-8-18-16(12-17,15-6-7-15)13-19-9-10-20(5-2)14(3)11-19/h14-15,18H,4-11,13H2,1-3H3. The van der Waals surface area contributed by atoms with Crippen molar-refractivity contribution in [3.05, 3.63) is 0 Å². The van der Waals surface area contributed by atoms with Crippen LogP contribution in [0.5, 0.6) is 0 Å². The van der Waals surface area contributed by atoms with Crippen molar-refractivity contribution in [1.29, 1.82) is 5.26 Å². The normalized spacial score (nSPS) is 28.0. The van der Waals surface area contributed by atoms with E-state index in [0.717, 1.165) is 45.7 Å². The van der Waals surface area contributed by atoms with Crippen LogP contribution in [0.3, 0.4) is 0 Å². The van der Waals surface area contributed by atoms with Crippen LogP contribution in [-0.4, -0.2) is 60.6 Å². The van der Waals surface area contributed by atoms with Crippen molar-refractivity contribution in [2.45, 2.75) is 51.6 Å². The average Bonchev–Trinajstić information content (AvgIpc) is 3.29. The highest BCUT2D eigenvalue weighted by molar-refractivity contribution is 5.17. The number of hydrogen-bond acceptors (Lipinski definition) is 4. The van der Waals surface area contributed by atoms with Gasteiger partial charge in [0.05, 0.1) is 6.07 Å². The predicted molar refractivity (Wildman–Crippen MR) is 82.5 cm³/mol. The summed E-state index contributed by atoms with van der Waals surface area (Å²) in [5.41, 5.74) is -0.301. The lowest BCUT2D eigenvalue weighted by Gasteiger charge is -2.42. The highest BCUT2D eigenvalue weighted by atomic mass is 15.3. The molecule has 0 bridgehead atoms. The summed E-state index contributed by atoms with van der Waals surface area (Å²) in [6.07, 6.45) is 3.53. The number of rotatable bonds is 7. The molecule has 0 amide bonds. The van der Waals surface area contributed by atoms with Gasteiger partial charge in [0.15, 0.2) is 0 Å². The SMILES string of the molecule is CCCNC(C#N)(CN1CCN(CC)C(C)C1)C1CC1. The minimum atomic E-state index is -0.301. The van der Waals surface area contributed by atoms with Crippen LogP contribution in [-0.2, 0) is 0 Å². The summed E-state index contributed by atoms with van der Waals surface area (Å²) in [7, 11) is 0. The Labute approximate surface area is 124 Å². The Balaban J connectivity index is 1.96. The molecule has 1 saturated carbocycles. The molecule has 0 aromatic carbocycles. The monoisotopic (exact) mass is 278 g/mol. The summed E-state index contributed by atoms with van der Waals surface area (Å²) in [5.74, 6) is 0.568. The molecular weight excluding hydrogens is 248 g/mol. The van der Waals surface area contributed by atoms with E-state index in [2.05, 4.69) is 42.0 Å². The molecule has 2 aliphatic rings. The maximum Gasteiger partial charge on any atom is 0.122 e. The molecule has 4 heteroatoms. The first-order valence-electron chi connectivity index (χ1n) is 8.28. The van der Waals surface area contributed by atoms with Crippen molar-refractivity contribution in [2.24, 2.45) is 5.92 Å². The summed E-state index contributed by atoms with van der Waals surface area (Å²) < 4.78 is 0. The molecule has 1 N–H and O–H groups in total. The van der Waals surface area contributed by atoms with Crippen molar-refractivity contribution in [3.63, 3.8) is 0 Å². The fourth-order valence-electron chi connectivity index (χ4n) is 3.46. The molecule has 0 radical (unpaired) electrons. The molecule has 1 saturated heterocycles. The maximum absolute atomic E-state index is 9.76.